The van der Waals surface area contributed by atoms with Crippen molar-refractivity contribution < 1.29 is 19.0 Å². The van der Waals surface area contributed by atoms with E-state index < -0.39 is 5.82 Å². The molecule has 2 aromatic rings. The molecule has 0 aliphatic rings. The largest absolute Gasteiger partial charge is 0.299 e. The van der Waals surface area contributed by atoms with Crippen LogP contribution in [0, 0.1) is 5.82 Å². The summed E-state index contributed by atoms with van der Waals surface area (Å²) >= 11 is 3.04. The van der Waals surface area contributed by atoms with Crippen LogP contribution in [0.2, 0.25) is 0 Å². The van der Waals surface area contributed by atoms with Gasteiger partial charge in [-0.2, -0.15) is 0 Å². The van der Waals surface area contributed by atoms with E-state index in [-0.39, 0.29) is 33.9 Å². The van der Waals surface area contributed by atoms with Gasteiger partial charge in [0, 0.05) is 6.42 Å². The lowest BCUT2D eigenvalue weighted by atomic mass is 10.1. The molecule has 1 heterocycles. The first-order valence-corrected chi connectivity index (χ1v) is 7.11. The van der Waals surface area contributed by atoms with Crippen LogP contribution in [0.25, 0.3) is 0 Å². The van der Waals surface area contributed by atoms with Crippen LogP contribution in [-0.2, 0) is 11.2 Å². The Morgan fingerprint density at radius 1 is 1.50 bits per heavy atom. The molecule has 0 amide bonds. The average Bonchev–Trinajstić information content (AvgIpc) is 2.96. The minimum Gasteiger partial charge on any atom is -0.299 e. The van der Waals surface area contributed by atoms with Crippen LogP contribution >= 0.6 is 15.9 Å². The molecule has 0 aliphatic carbocycles. The molecule has 0 saturated heterocycles. The first-order valence-electron chi connectivity index (χ1n) is 6.32. The van der Waals surface area contributed by atoms with Gasteiger partial charge in [-0.1, -0.05) is 12.1 Å². The maximum absolute atomic E-state index is 13.2. The fourth-order valence-corrected chi connectivity index (χ4v) is 2.00. The number of ketones is 1. The molecule has 116 valence electrons. The molecular weight excluding hydrogens is 359 g/mol. The molecule has 0 fully saturated rings. The number of nitrogens with one attached hydrogen (secondary N) is 1. The van der Waals surface area contributed by atoms with Gasteiger partial charge in [0.15, 0.2) is 11.5 Å². The Bertz CT molecular complexity index is 717. The SMILES string of the molecule is CCC(=O)Cc1nonc1C(=Nc1ccc(F)c(Br)c1)NO. The highest BCUT2D eigenvalue weighted by atomic mass is 79.9. The van der Waals surface area contributed by atoms with Crippen LogP contribution in [0.15, 0.2) is 32.3 Å². The number of rotatable bonds is 5. The molecule has 22 heavy (non-hydrogen) atoms. The summed E-state index contributed by atoms with van der Waals surface area (Å²) in [5, 5.41) is 16.5. The number of aromatic nitrogens is 2. The van der Waals surface area contributed by atoms with Crippen molar-refractivity contribution in [3.63, 3.8) is 0 Å². The van der Waals surface area contributed by atoms with Crippen molar-refractivity contribution in [3.8, 4) is 0 Å². The lowest BCUT2D eigenvalue weighted by Crippen LogP contribution is -2.22. The zero-order valence-electron chi connectivity index (χ0n) is 11.5. The van der Waals surface area contributed by atoms with Crippen LogP contribution < -0.4 is 5.48 Å². The van der Waals surface area contributed by atoms with E-state index in [2.05, 4.69) is 35.9 Å². The molecule has 0 atom stereocenters. The Morgan fingerprint density at radius 2 is 2.27 bits per heavy atom. The van der Waals surface area contributed by atoms with E-state index in [0.29, 0.717) is 12.1 Å². The molecule has 0 spiro atoms. The summed E-state index contributed by atoms with van der Waals surface area (Å²) in [6.45, 7) is 1.73. The minimum atomic E-state index is -0.435. The molecule has 0 bridgehead atoms. The van der Waals surface area contributed by atoms with Crippen molar-refractivity contribution in [2.24, 2.45) is 4.99 Å². The number of aliphatic imine (C=N–C) groups is 1. The predicted molar refractivity (Wildman–Crippen MR) is 78.5 cm³/mol. The molecule has 0 aliphatic heterocycles. The van der Waals surface area contributed by atoms with Gasteiger partial charge in [0.1, 0.15) is 17.3 Å². The second-order valence-electron chi connectivity index (χ2n) is 4.30. The zero-order valence-corrected chi connectivity index (χ0v) is 13.1. The average molecular weight is 371 g/mol. The molecule has 1 aromatic carbocycles. The van der Waals surface area contributed by atoms with Gasteiger partial charge in [0.25, 0.3) is 0 Å². The summed E-state index contributed by atoms with van der Waals surface area (Å²) in [5.74, 6) is -0.549. The van der Waals surface area contributed by atoms with Crippen molar-refractivity contribution >= 4 is 33.2 Å². The smallest absolute Gasteiger partial charge is 0.182 e. The van der Waals surface area contributed by atoms with E-state index in [1.54, 1.807) is 6.92 Å². The maximum Gasteiger partial charge on any atom is 0.182 e. The second kappa shape index (κ2) is 7.23. The highest BCUT2D eigenvalue weighted by Crippen LogP contribution is 2.22. The number of hydrogen-bond acceptors (Lipinski definition) is 6. The summed E-state index contributed by atoms with van der Waals surface area (Å²) < 4.78 is 18.0. The molecule has 2 N–H and O–H groups in total. The number of halogens is 2. The number of hydroxylamine groups is 1. The van der Waals surface area contributed by atoms with Gasteiger partial charge in [-0.25, -0.2) is 14.0 Å². The van der Waals surface area contributed by atoms with Crippen LogP contribution in [0.3, 0.4) is 0 Å². The summed E-state index contributed by atoms with van der Waals surface area (Å²) in [6.07, 6.45) is 0.361. The van der Waals surface area contributed by atoms with Gasteiger partial charge in [-0.15, -0.1) is 0 Å². The zero-order chi connectivity index (χ0) is 16.1. The summed E-state index contributed by atoms with van der Waals surface area (Å²) in [4.78, 5) is 15.6. The fourth-order valence-electron chi connectivity index (χ4n) is 1.63. The second-order valence-corrected chi connectivity index (χ2v) is 5.15. The van der Waals surface area contributed by atoms with Crippen molar-refractivity contribution in [2.75, 3.05) is 0 Å². The van der Waals surface area contributed by atoms with Crippen molar-refractivity contribution in [2.45, 2.75) is 19.8 Å². The minimum absolute atomic E-state index is 0.0170. The molecule has 0 unspecified atom stereocenters. The first kappa shape index (κ1) is 16.2. The standard InChI is InChI=1S/C13H12BrFN4O3/c1-2-8(20)6-11-12(19-22-18-11)13(17-21)16-7-3-4-10(15)9(14)5-7/h3-5,21H,2,6H2,1H3,(H,16,17). The molecular formula is C13H12BrFN4O3. The normalized spacial score (nSPS) is 11.5. The van der Waals surface area contributed by atoms with Gasteiger partial charge in [0.2, 0.25) is 0 Å². The Labute approximate surface area is 133 Å². The lowest BCUT2D eigenvalue weighted by molar-refractivity contribution is -0.118. The van der Waals surface area contributed by atoms with Crippen LogP contribution in [-0.4, -0.2) is 27.1 Å². The third-order valence-corrected chi connectivity index (χ3v) is 3.40. The quantitative estimate of drug-likeness (QED) is 0.476. The third kappa shape index (κ3) is 3.74. The number of nitrogens with zero attached hydrogens (tertiary/aromatic N) is 3. The van der Waals surface area contributed by atoms with Crippen LogP contribution in [0.1, 0.15) is 24.7 Å². The van der Waals surface area contributed by atoms with E-state index in [1.807, 2.05) is 5.48 Å². The number of carbonyl (C=O) groups is 1. The predicted octanol–water partition coefficient (Wildman–Crippen LogP) is 2.55. The van der Waals surface area contributed by atoms with Gasteiger partial charge >= 0.3 is 0 Å². The Hall–Kier alpha value is -2.13. The van der Waals surface area contributed by atoms with Gasteiger partial charge < -0.3 is 0 Å². The highest BCUT2D eigenvalue weighted by molar-refractivity contribution is 9.10. The van der Waals surface area contributed by atoms with E-state index in [9.17, 15) is 14.4 Å². The summed E-state index contributed by atoms with van der Waals surface area (Å²) in [6, 6.07) is 4.07. The number of benzene rings is 1. The van der Waals surface area contributed by atoms with Gasteiger partial charge in [-0.05, 0) is 39.3 Å². The van der Waals surface area contributed by atoms with Crippen LogP contribution in [0.4, 0.5) is 10.1 Å². The monoisotopic (exact) mass is 370 g/mol. The van der Waals surface area contributed by atoms with Crippen molar-refractivity contribution in [1.29, 1.82) is 0 Å². The van der Waals surface area contributed by atoms with E-state index in [4.69, 9.17) is 0 Å². The molecule has 7 nitrogen and oxygen atoms in total. The number of carbonyl (C=O) groups excluding carboxylic acids is 1. The van der Waals surface area contributed by atoms with E-state index >= 15 is 0 Å². The number of amidine groups is 1. The Morgan fingerprint density at radius 3 is 2.91 bits per heavy atom. The highest BCUT2D eigenvalue weighted by Gasteiger charge is 2.18. The Balaban J connectivity index is 2.35. The fraction of sp³-hybridized carbons (Fsp3) is 0.231. The molecule has 2 rings (SSSR count). The topological polar surface area (TPSA) is 101 Å². The lowest BCUT2D eigenvalue weighted by Gasteiger charge is -2.03. The summed E-state index contributed by atoms with van der Waals surface area (Å²) in [7, 11) is 0. The van der Waals surface area contributed by atoms with Crippen molar-refractivity contribution in [1.82, 2.24) is 15.8 Å². The van der Waals surface area contributed by atoms with Crippen LogP contribution in [0.5, 0.6) is 0 Å². The number of Topliss-reactive ketones (excluding diaryl/α,β-unsaturated/α-hetero) is 1. The van der Waals surface area contributed by atoms with Crippen molar-refractivity contribution in [3.05, 3.63) is 39.9 Å². The Kier molecular flexibility index (Phi) is 5.34. The summed E-state index contributed by atoms with van der Waals surface area (Å²) in [5.41, 5.74) is 2.62. The maximum atomic E-state index is 13.2. The molecule has 0 radical (unpaired) electrons. The number of hydrogen-bond donors (Lipinski definition) is 2. The first-order chi connectivity index (χ1) is 10.5. The van der Waals surface area contributed by atoms with E-state index in [0.717, 1.165) is 0 Å². The third-order valence-electron chi connectivity index (χ3n) is 2.79. The van der Waals surface area contributed by atoms with Gasteiger partial charge in [-0.3, -0.25) is 15.5 Å². The molecule has 0 saturated carbocycles. The van der Waals surface area contributed by atoms with Gasteiger partial charge in [0.05, 0.1) is 16.6 Å². The molecule has 1 aromatic heterocycles. The molecule has 9 heteroatoms. The van der Waals surface area contributed by atoms with E-state index in [1.165, 1.54) is 18.2 Å².